The maximum atomic E-state index is 11.8. The summed E-state index contributed by atoms with van der Waals surface area (Å²) in [4.78, 5) is 44.2. The highest BCUT2D eigenvalue weighted by molar-refractivity contribution is 5.71. The van der Waals surface area contributed by atoms with Crippen molar-refractivity contribution in [2.45, 2.75) is 13.0 Å². The van der Waals surface area contributed by atoms with Crippen molar-refractivity contribution in [2.75, 3.05) is 6.54 Å². The minimum atomic E-state index is -0.521. The topological polar surface area (TPSA) is 122 Å². The number of alkyl carbamates (subject to hydrolysis) is 1. The molecule has 0 radical (unpaired) electrons. The van der Waals surface area contributed by atoms with E-state index in [0.29, 0.717) is 18.8 Å². The van der Waals surface area contributed by atoms with Gasteiger partial charge in [0.25, 0.3) is 5.56 Å². The van der Waals surface area contributed by atoms with Gasteiger partial charge >= 0.3 is 11.8 Å². The van der Waals surface area contributed by atoms with Gasteiger partial charge in [-0.1, -0.05) is 36.4 Å². The number of benzene rings is 1. The molecule has 3 rings (SSSR count). The summed E-state index contributed by atoms with van der Waals surface area (Å²) in [6, 6.07) is 9.42. The van der Waals surface area contributed by atoms with Crippen LogP contribution in [0.15, 0.2) is 46.0 Å². The van der Waals surface area contributed by atoms with Crippen molar-refractivity contribution in [1.29, 1.82) is 0 Å². The quantitative estimate of drug-likeness (QED) is 0.565. The summed E-state index contributed by atoms with van der Waals surface area (Å²) in [6.45, 7) is 0.609. The molecule has 0 aliphatic carbocycles. The van der Waals surface area contributed by atoms with Crippen LogP contribution in [-0.2, 0) is 18.4 Å². The number of nitrogens with one attached hydrogen (secondary N) is 3. The Labute approximate surface area is 153 Å². The van der Waals surface area contributed by atoms with Gasteiger partial charge < -0.3 is 15.0 Å². The number of H-pyrrole nitrogens is 2. The first-order valence-electron chi connectivity index (χ1n) is 8.34. The number of rotatable bonds is 6. The lowest BCUT2D eigenvalue weighted by atomic mass is 10.2. The summed E-state index contributed by atoms with van der Waals surface area (Å²) in [6.07, 6.45) is 3.53. The monoisotopic (exact) mass is 369 g/mol. The van der Waals surface area contributed by atoms with Crippen LogP contribution in [0.3, 0.4) is 0 Å². The second-order valence-electron chi connectivity index (χ2n) is 5.82. The minimum absolute atomic E-state index is 0.217. The molecule has 0 saturated carbocycles. The van der Waals surface area contributed by atoms with Crippen molar-refractivity contribution in [2.24, 2.45) is 7.05 Å². The predicted molar refractivity (Wildman–Crippen MR) is 100 cm³/mol. The fraction of sp³-hybridized carbons (Fsp3) is 0.222. The number of fused-ring (bicyclic) bond motifs is 1. The van der Waals surface area contributed by atoms with Gasteiger partial charge in [-0.3, -0.25) is 14.3 Å². The van der Waals surface area contributed by atoms with E-state index in [-0.39, 0.29) is 17.8 Å². The van der Waals surface area contributed by atoms with Crippen LogP contribution in [0.2, 0.25) is 0 Å². The summed E-state index contributed by atoms with van der Waals surface area (Å²) in [7, 11) is 1.53. The van der Waals surface area contributed by atoms with E-state index < -0.39 is 17.3 Å². The largest absolute Gasteiger partial charge is 0.445 e. The molecule has 9 heteroatoms. The zero-order chi connectivity index (χ0) is 19.2. The van der Waals surface area contributed by atoms with Gasteiger partial charge in [0.05, 0.1) is 0 Å². The van der Waals surface area contributed by atoms with Gasteiger partial charge in [-0.25, -0.2) is 14.6 Å². The molecule has 140 valence electrons. The average Bonchev–Trinajstić information content (AvgIpc) is 3.10. The van der Waals surface area contributed by atoms with Crippen LogP contribution >= 0.6 is 0 Å². The number of aryl methyl sites for hydroxylation is 1. The Bertz CT molecular complexity index is 1080. The number of aromatic nitrogens is 4. The van der Waals surface area contributed by atoms with Crippen LogP contribution in [0.4, 0.5) is 4.79 Å². The minimum Gasteiger partial charge on any atom is -0.445 e. The van der Waals surface area contributed by atoms with Gasteiger partial charge in [0.2, 0.25) is 0 Å². The third-order valence-electron chi connectivity index (χ3n) is 3.84. The highest BCUT2D eigenvalue weighted by Gasteiger charge is 2.09. The normalized spacial score (nSPS) is 11.1. The molecule has 0 spiro atoms. The molecule has 0 bridgehead atoms. The van der Waals surface area contributed by atoms with Gasteiger partial charge in [-0.05, 0) is 18.1 Å². The smallest absolute Gasteiger partial charge is 0.407 e. The van der Waals surface area contributed by atoms with Crippen molar-refractivity contribution < 1.29 is 9.53 Å². The Hall–Kier alpha value is -3.62. The van der Waals surface area contributed by atoms with Gasteiger partial charge in [0.15, 0.2) is 5.65 Å². The third kappa shape index (κ3) is 4.51. The molecule has 3 aromatic rings. The Balaban J connectivity index is 1.48. The lowest BCUT2D eigenvalue weighted by Gasteiger charge is -2.05. The molecule has 3 N–H and O–H groups in total. The van der Waals surface area contributed by atoms with Crippen molar-refractivity contribution in [3.63, 3.8) is 0 Å². The van der Waals surface area contributed by atoms with Crippen molar-refractivity contribution >= 4 is 23.3 Å². The Morgan fingerprint density at radius 1 is 1.26 bits per heavy atom. The van der Waals surface area contributed by atoms with Crippen molar-refractivity contribution in [3.05, 3.63) is 68.6 Å². The van der Waals surface area contributed by atoms with E-state index in [1.807, 2.05) is 30.3 Å². The van der Waals surface area contributed by atoms with Crippen molar-refractivity contribution in [3.8, 4) is 0 Å². The fourth-order valence-corrected chi connectivity index (χ4v) is 2.43. The number of ether oxygens (including phenoxy) is 1. The zero-order valence-electron chi connectivity index (χ0n) is 14.7. The summed E-state index contributed by atoms with van der Waals surface area (Å²) in [5, 5.41) is 2.65. The molecular weight excluding hydrogens is 350 g/mol. The van der Waals surface area contributed by atoms with E-state index in [9.17, 15) is 14.4 Å². The molecule has 2 heterocycles. The lowest BCUT2D eigenvalue weighted by Crippen LogP contribution is -2.28. The van der Waals surface area contributed by atoms with E-state index in [2.05, 4.69) is 20.3 Å². The number of carbonyl (C=O) groups excluding carboxylic acids is 1. The third-order valence-corrected chi connectivity index (χ3v) is 3.84. The zero-order valence-corrected chi connectivity index (χ0v) is 14.7. The van der Waals surface area contributed by atoms with E-state index in [4.69, 9.17) is 4.74 Å². The van der Waals surface area contributed by atoms with Crippen LogP contribution in [0.1, 0.15) is 17.8 Å². The first-order chi connectivity index (χ1) is 13.0. The summed E-state index contributed by atoms with van der Waals surface area (Å²) in [5.41, 5.74) is 0.406. The molecule has 0 aliphatic heterocycles. The molecular formula is C18H19N5O4. The van der Waals surface area contributed by atoms with Gasteiger partial charge in [-0.2, -0.15) is 0 Å². The van der Waals surface area contributed by atoms with Crippen LogP contribution < -0.4 is 16.6 Å². The maximum Gasteiger partial charge on any atom is 0.407 e. The van der Waals surface area contributed by atoms with E-state index in [0.717, 1.165) is 5.56 Å². The number of nitrogens with zero attached hydrogens (tertiary/aromatic N) is 2. The predicted octanol–water partition coefficient (Wildman–Crippen LogP) is 1.28. The molecule has 2 aromatic heterocycles. The van der Waals surface area contributed by atoms with Crippen LogP contribution in [0.25, 0.3) is 17.2 Å². The summed E-state index contributed by atoms with van der Waals surface area (Å²) in [5.74, 6) is 0.448. The number of hydrogen-bond acceptors (Lipinski definition) is 5. The molecule has 1 aromatic carbocycles. The number of amides is 1. The molecule has 0 saturated heterocycles. The molecule has 0 atom stereocenters. The van der Waals surface area contributed by atoms with Crippen LogP contribution in [0.5, 0.6) is 0 Å². The Morgan fingerprint density at radius 2 is 2.04 bits per heavy atom. The second-order valence-corrected chi connectivity index (χ2v) is 5.82. The van der Waals surface area contributed by atoms with E-state index in [1.165, 1.54) is 11.6 Å². The number of hydrogen-bond donors (Lipinski definition) is 3. The fourth-order valence-electron chi connectivity index (χ4n) is 2.43. The number of carbonyl (C=O) groups is 1. The van der Waals surface area contributed by atoms with E-state index in [1.54, 1.807) is 12.2 Å². The van der Waals surface area contributed by atoms with Crippen molar-refractivity contribution in [1.82, 2.24) is 24.8 Å². The first kappa shape index (κ1) is 18.2. The van der Waals surface area contributed by atoms with Gasteiger partial charge in [-0.15, -0.1) is 0 Å². The molecule has 0 fully saturated rings. The first-order valence-corrected chi connectivity index (χ1v) is 8.34. The Kier molecular flexibility index (Phi) is 5.50. The summed E-state index contributed by atoms with van der Waals surface area (Å²) < 4.78 is 6.37. The SMILES string of the molecule is Cn1c(=O)[nH]c(=O)c2[nH]c(C=CCCNC(=O)OCc3ccccc3)nc21. The second kappa shape index (κ2) is 8.17. The molecule has 9 nitrogen and oxygen atoms in total. The lowest BCUT2D eigenvalue weighted by molar-refractivity contribution is 0.140. The Morgan fingerprint density at radius 3 is 2.81 bits per heavy atom. The summed E-state index contributed by atoms with van der Waals surface area (Å²) >= 11 is 0. The van der Waals surface area contributed by atoms with Crippen LogP contribution in [0, 0.1) is 0 Å². The maximum absolute atomic E-state index is 11.8. The molecule has 0 unspecified atom stereocenters. The van der Waals surface area contributed by atoms with Gasteiger partial charge in [0.1, 0.15) is 17.9 Å². The average molecular weight is 369 g/mol. The van der Waals surface area contributed by atoms with Crippen LogP contribution in [-0.4, -0.2) is 32.2 Å². The highest BCUT2D eigenvalue weighted by atomic mass is 16.5. The van der Waals surface area contributed by atoms with E-state index >= 15 is 0 Å². The number of imidazole rings is 1. The standard InChI is InChI=1S/C18H19N5O4/c1-23-15-14(16(24)22-17(23)25)20-13(21-15)9-5-6-10-19-18(26)27-11-12-7-3-2-4-8-12/h2-5,7-9H,6,10-11H2,1H3,(H,19,26)(H,20,21)(H,22,24,25). The molecule has 1 amide bonds. The molecule has 27 heavy (non-hydrogen) atoms. The molecule has 0 aliphatic rings. The highest BCUT2D eigenvalue weighted by Crippen LogP contribution is 2.05. The number of aromatic amines is 2. The van der Waals surface area contributed by atoms with Gasteiger partial charge in [0, 0.05) is 13.6 Å².